The van der Waals surface area contributed by atoms with Gasteiger partial charge in [-0.3, -0.25) is 4.79 Å². The van der Waals surface area contributed by atoms with E-state index in [9.17, 15) is 4.79 Å². The molecule has 1 heterocycles. The lowest BCUT2D eigenvalue weighted by atomic mass is 10.1. The first kappa shape index (κ1) is 12.1. The van der Waals surface area contributed by atoms with Gasteiger partial charge in [0.2, 0.25) is 5.91 Å². The second-order valence-electron chi connectivity index (χ2n) is 3.90. The van der Waals surface area contributed by atoms with Crippen molar-refractivity contribution in [1.29, 1.82) is 0 Å². The van der Waals surface area contributed by atoms with Gasteiger partial charge in [-0.25, -0.2) is 4.98 Å². The zero-order valence-electron chi connectivity index (χ0n) is 9.12. The Morgan fingerprint density at radius 3 is 2.93 bits per heavy atom. The molecule has 0 unspecified atom stereocenters. The summed E-state index contributed by atoms with van der Waals surface area (Å²) in [4.78, 5) is 15.7. The van der Waals surface area contributed by atoms with Crippen molar-refractivity contribution >= 4 is 17.2 Å². The zero-order valence-corrected chi connectivity index (χ0v) is 9.93. The predicted molar refractivity (Wildman–Crippen MR) is 61.6 cm³/mol. The normalized spacial score (nSPS) is 11.4. The molecule has 0 atom stereocenters. The van der Waals surface area contributed by atoms with Crippen molar-refractivity contribution in [2.75, 3.05) is 6.54 Å². The van der Waals surface area contributed by atoms with E-state index < -0.39 is 0 Å². The quantitative estimate of drug-likeness (QED) is 0.795. The summed E-state index contributed by atoms with van der Waals surface area (Å²) in [6.45, 7) is 4.45. The second-order valence-corrected chi connectivity index (χ2v) is 4.80. The van der Waals surface area contributed by atoms with Crippen LogP contribution in [0.25, 0.3) is 0 Å². The number of thiazole rings is 1. The molecule has 0 radical (unpaired) electrons. The van der Waals surface area contributed by atoms with Crippen LogP contribution in [0.3, 0.4) is 0 Å². The van der Waals surface area contributed by atoms with Gasteiger partial charge >= 0.3 is 0 Å². The van der Waals surface area contributed by atoms with Crippen molar-refractivity contribution in [3.8, 4) is 0 Å². The SMILES string of the molecule is CC(C)(NC(=O)CCCN)c1nccs1. The minimum atomic E-state index is -0.389. The van der Waals surface area contributed by atoms with Crippen molar-refractivity contribution in [2.45, 2.75) is 32.2 Å². The van der Waals surface area contributed by atoms with Gasteiger partial charge in [0.15, 0.2) is 0 Å². The maximum atomic E-state index is 11.5. The molecule has 0 saturated heterocycles. The molecule has 0 bridgehead atoms. The van der Waals surface area contributed by atoms with Crippen molar-refractivity contribution in [3.05, 3.63) is 16.6 Å². The number of carbonyl (C=O) groups is 1. The molecule has 0 saturated carbocycles. The number of nitrogens with one attached hydrogen (secondary N) is 1. The Balaban J connectivity index is 2.53. The number of amides is 1. The standard InChI is InChI=1S/C10H17N3OS/c1-10(2,9-12-6-7-15-9)13-8(14)4-3-5-11/h6-7H,3-5,11H2,1-2H3,(H,13,14). The van der Waals surface area contributed by atoms with Crippen LogP contribution in [-0.4, -0.2) is 17.4 Å². The highest BCUT2D eigenvalue weighted by molar-refractivity contribution is 7.09. The van der Waals surface area contributed by atoms with Crippen molar-refractivity contribution in [3.63, 3.8) is 0 Å². The highest BCUT2D eigenvalue weighted by Crippen LogP contribution is 2.21. The third kappa shape index (κ3) is 3.60. The number of carbonyl (C=O) groups excluding carboxylic acids is 1. The van der Waals surface area contributed by atoms with Gasteiger partial charge in [-0.15, -0.1) is 11.3 Å². The van der Waals surface area contributed by atoms with Gasteiger partial charge < -0.3 is 11.1 Å². The Morgan fingerprint density at radius 2 is 2.40 bits per heavy atom. The lowest BCUT2D eigenvalue weighted by Crippen LogP contribution is -2.40. The first-order valence-electron chi connectivity index (χ1n) is 4.97. The van der Waals surface area contributed by atoms with Gasteiger partial charge in [0.1, 0.15) is 5.01 Å². The van der Waals surface area contributed by atoms with E-state index in [1.807, 2.05) is 19.2 Å². The Morgan fingerprint density at radius 1 is 1.67 bits per heavy atom. The van der Waals surface area contributed by atoms with Crippen LogP contribution in [0.2, 0.25) is 0 Å². The Kier molecular flexibility index (Phi) is 4.23. The summed E-state index contributed by atoms with van der Waals surface area (Å²) in [5.74, 6) is 0.0284. The largest absolute Gasteiger partial charge is 0.345 e. The van der Waals surface area contributed by atoms with Crippen LogP contribution >= 0.6 is 11.3 Å². The smallest absolute Gasteiger partial charge is 0.220 e. The summed E-state index contributed by atoms with van der Waals surface area (Å²) in [6.07, 6.45) is 2.94. The molecule has 4 nitrogen and oxygen atoms in total. The lowest BCUT2D eigenvalue weighted by Gasteiger charge is -2.23. The van der Waals surface area contributed by atoms with Crippen LogP contribution in [0.15, 0.2) is 11.6 Å². The van der Waals surface area contributed by atoms with Crippen LogP contribution in [0.4, 0.5) is 0 Å². The molecule has 5 heteroatoms. The zero-order chi connectivity index (χ0) is 11.3. The number of rotatable bonds is 5. The molecule has 1 aromatic heterocycles. The Labute approximate surface area is 93.9 Å². The van der Waals surface area contributed by atoms with Gasteiger partial charge in [-0.1, -0.05) is 0 Å². The average molecular weight is 227 g/mol. The lowest BCUT2D eigenvalue weighted by molar-refractivity contribution is -0.122. The fourth-order valence-electron chi connectivity index (χ4n) is 1.26. The molecule has 0 aromatic carbocycles. The monoisotopic (exact) mass is 227 g/mol. The topological polar surface area (TPSA) is 68.0 Å². The van der Waals surface area contributed by atoms with E-state index in [1.54, 1.807) is 17.5 Å². The summed E-state index contributed by atoms with van der Waals surface area (Å²) < 4.78 is 0. The van der Waals surface area contributed by atoms with E-state index in [2.05, 4.69) is 10.3 Å². The van der Waals surface area contributed by atoms with E-state index in [1.165, 1.54) is 0 Å². The Hall–Kier alpha value is -0.940. The van der Waals surface area contributed by atoms with E-state index in [-0.39, 0.29) is 11.4 Å². The minimum Gasteiger partial charge on any atom is -0.345 e. The van der Waals surface area contributed by atoms with E-state index in [4.69, 9.17) is 5.73 Å². The van der Waals surface area contributed by atoms with Crippen LogP contribution in [0.1, 0.15) is 31.7 Å². The molecule has 15 heavy (non-hydrogen) atoms. The molecule has 84 valence electrons. The average Bonchev–Trinajstić information content (AvgIpc) is 2.67. The van der Waals surface area contributed by atoms with Gasteiger partial charge in [0.25, 0.3) is 0 Å². The first-order valence-corrected chi connectivity index (χ1v) is 5.85. The van der Waals surface area contributed by atoms with Crippen LogP contribution < -0.4 is 11.1 Å². The predicted octanol–water partition coefficient (Wildman–Crippen LogP) is 1.23. The highest BCUT2D eigenvalue weighted by Gasteiger charge is 2.24. The number of hydrogen-bond donors (Lipinski definition) is 2. The van der Waals surface area contributed by atoms with Gasteiger partial charge in [-0.05, 0) is 26.8 Å². The molecule has 0 aliphatic carbocycles. The van der Waals surface area contributed by atoms with Crippen LogP contribution in [-0.2, 0) is 10.3 Å². The van der Waals surface area contributed by atoms with Gasteiger partial charge in [0.05, 0.1) is 5.54 Å². The molecule has 0 spiro atoms. The second kappa shape index (κ2) is 5.23. The van der Waals surface area contributed by atoms with Crippen LogP contribution in [0, 0.1) is 0 Å². The fourth-order valence-corrected chi connectivity index (χ4v) is 1.98. The first-order chi connectivity index (χ1) is 7.06. The summed E-state index contributed by atoms with van der Waals surface area (Å²) in [6, 6.07) is 0. The number of aromatic nitrogens is 1. The molecule has 0 fully saturated rings. The van der Waals surface area contributed by atoms with Crippen LogP contribution in [0.5, 0.6) is 0 Å². The molecule has 1 rings (SSSR count). The third-order valence-corrected chi connectivity index (χ3v) is 3.12. The third-order valence-electron chi connectivity index (χ3n) is 2.03. The molecular formula is C10H17N3OS. The molecular weight excluding hydrogens is 210 g/mol. The number of nitrogens with two attached hydrogens (primary N) is 1. The molecule has 0 aliphatic heterocycles. The minimum absolute atomic E-state index is 0.0284. The fraction of sp³-hybridized carbons (Fsp3) is 0.600. The van der Waals surface area contributed by atoms with Crippen molar-refractivity contribution in [2.24, 2.45) is 5.73 Å². The van der Waals surface area contributed by atoms with Crippen molar-refractivity contribution < 1.29 is 4.79 Å². The summed E-state index contributed by atoms with van der Waals surface area (Å²) >= 11 is 1.55. The Bertz CT molecular complexity index is 308. The highest BCUT2D eigenvalue weighted by atomic mass is 32.1. The van der Waals surface area contributed by atoms with E-state index >= 15 is 0 Å². The van der Waals surface area contributed by atoms with E-state index in [0.717, 1.165) is 11.4 Å². The molecule has 0 aliphatic rings. The molecule has 1 aromatic rings. The summed E-state index contributed by atoms with van der Waals surface area (Å²) in [5, 5.41) is 5.77. The maximum Gasteiger partial charge on any atom is 0.220 e. The van der Waals surface area contributed by atoms with Crippen molar-refractivity contribution in [1.82, 2.24) is 10.3 Å². The van der Waals surface area contributed by atoms with Gasteiger partial charge in [-0.2, -0.15) is 0 Å². The summed E-state index contributed by atoms with van der Waals surface area (Å²) in [5.41, 5.74) is 4.96. The van der Waals surface area contributed by atoms with Gasteiger partial charge in [0, 0.05) is 18.0 Å². The maximum absolute atomic E-state index is 11.5. The number of hydrogen-bond acceptors (Lipinski definition) is 4. The number of nitrogens with zero attached hydrogens (tertiary/aromatic N) is 1. The van der Waals surface area contributed by atoms with E-state index in [0.29, 0.717) is 13.0 Å². The molecule has 3 N–H and O–H groups in total. The molecule has 1 amide bonds. The summed E-state index contributed by atoms with van der Waals surface area (Å²) in [7, 11) is 0.